The van der Waals surface area contributed by atoms with E-state index in [4.69, 9.17) is 4.74 Å². The number of benzene rings is 2. The molecular formula is C22H24N2O2S. The number of carbonyl (C=O) groups excluding carboxylic acids is 1. The SMILES string of the molecule is CC(NC(=O)COc1cccc2[nH]cc(C3CCSC3)c12)c1ccccc1. The first-order chi connectivity index (χ1) is 13.2. The number of amides is 1. The fraction of sp³-hybridized carbons (Fsp3) is 0.318. The van der Waals surface area contributed by atoms with Gasteiger partial charge in [-0.15, -0.1) is 0 Å². The molecule has 2 unspecified atom stereocenters. The largest absolute Gasteiger partial charge is 0.483 e. The van der Waals surface area contributed by atoms with Crippen LogP contribution in [-0.4, -0.2) is 29.0 Å². The number of aromatic amines is 1. The van der Waals surface area contributed by atoms with E-state index in [-0.39, 0.29) is 18.6 Å². The molecule has 1 saturated heterocycles. The zero-order valence-electron chi connectivity index (χ0n) is 15.4. The van der Waals surface area contributed by atoms with Crippen LogP contribution in [0.4, 0.5) is 0 Å². The number of fused-ring (bicyclic) bond motifs is 1. The fourth-order valence-electron chi connectivity index (χ4n) is 3.65. The van der Waals surface area contributed by atoms with Gasteiger partial charge in [0.15, 0.2) is 6.61 Å². The normalized spacial score (nSPS) is 17.7. The van der Waals surface area contributed by atoms with Gasteiger partial charge in [0.2, 0.25) is 0 Å². The third-order valence-electron chi connectivity index (χ3n) is 5.10. The van der Waals surface area contributed by atoms with Crippen LogP contribution in [0.2, 0.25) is 0 Å². The second-order valence-electron chi connectivity index (χ2n) is 6.97. The molecule has 0 bridgehead atoms. The number of rotatable bonds is 6. The van der Waals surface area contributed by atoms with Gasteiger partial charge in [-0.2, -0.15) is 11.8 Å². The maximum atomic E-state index is 12.4. The van der Waals surface area contributed by atoms with Crippen molar-refractivity contribution in [3.05, 3.63) is 65.9 Å². The number of nitrogens with one attached hydrogen (secondary N) is 2. The number of hydrogen-bond acceptors (Lipinski definition) is 3. The minimum Gasteiger partial charge on any atom is -0.483 e. The Hall–Kier alpha value is -2.40. The molecule has 27 heavy (non-hydrogen) atoms. The number of carbonyl (C=O) groups is 1. The first-order valence-electron chi connectivity index (χ1n) is 9.37. The topological polar surface area (TPSA) is 54.1 Å². The van der Waals surface area contributed by atoms with Crippen LogP contribution in [0, 0.1) is 0 Å². The molecule has 2 heterocycles. The second kappa shape index (κ2) is 8.09. The molecule has 1 aliphatic heterocycles. The minimum absolute atomic E-state index is 0.0142. The molecule has 140 valence electrons. The van der Waals surface area contributed by atoms with Crippen molar-refractivity contribution in [3.8, 4) is 5.75 Å². The highest BCUT2D eigenvalue weighted by Gasteiger charge is 2.22. The Morgan fingerprint density at radius 2 is 2.11 bits per heavy atom. The second-order valence-corrected chi connectivity index (χ2v) is 8.12. The quantitative estimate of drug-likeness (QED) is 0.655. The van der Waals surface area contributed by atoms with E-state index in [9.17, 15) is 4.79 Å². The number of thioether (sulfide) groups is 1. The van der Waals surface area contributed by atoms with Crippen molar-refractivity contribution < 1.29 is 9.53 Å². The van der Waals surface area contributed by atoms with E-state index in [0.717, 1.165) is 28.0 Å². The molecule has 1 amide bonds. The maximum absolute atomic E-state index is 12.4. The molecule has 2 N–H and O–H groups in total. The third kappa shape index (κ3) is 3.98. The summed E-state index contributed by atoms with van der Waals surface area (Å²) in [6, 6.07) is 15.9. The molecular weight excluding hydrogens is 356 g/mol. The minimum atomic E-state index is -0.114. The van der Waals surface area contributed by atoms with Crippen molar-refractivity contribution in [1.29, 1.82) is 0 Å². The molecule has 0 radical (unpaired) electrons. The van der Waals surface area contributed by atoms with E-state index >= 15 is 0 Å². The summed E-state index contributed by atoms with van der Waals surface area (Å²) in [7, 11) is 0. The van der Waals surface area contributed by atoms with Crippen molar-refractivity contribution in [2.75, 3.05) is 18.1 Å². The Morgan fingerprint density at radius 3 is 2.89 bits per heavy atom. The summed E-state index contributed by atoms with van der Waals surface area (Å²) in [5.74, 6) is 3.58. The summed E-state index contributed by atoms with van der Waals surface area (Å²) >= 11 is 2.00. The van der Waals surface area contributed by atoms with Crippen molar-refractivity contribution in [1.82, 2.24) is 10.3 Å². The summed E-state index contributed by atoms with van der Waals surface area (Å²) in [6.45, 7) is 2.00. The fourth-order valence-corrected chi connectivity index (χ4v) is 4.90. The molecule has 2 atom stereocenters. The average Bonchev–Trinajstić information content (AvgIpc) is 3.36. The van der Waals surface area contributed by atoms with Gasteiger partial charge in [-0.05, 0) is 48.3 Å². The smallest absolute Gasteiger partial charge is 0.258 e. The van der Waals surface area contributed by atoms with Crippen LogP contribution in [0.5, 0.6) is 5.75 Å². The molecule has 5 heteroatoms. The van der Waals surface area contributed by atoms with E-state index in [1.165, 1.54) is 17.7 Å². The molecule has 0 spiro atoms. The summed E-state index contributed by atoms with van der Waals surface area (Å²) in [5, 5.41) is 4.12. The van der Waals surface area contributed by atoms with Crippen molar-refractivity contribution in [2.45, 2.75) is 25.3 Å². The highest BCUT2D eigenvalue weighted by atomic mass is 32.2. The van der Waals surface area contributed by atoms with Crippen molar-refractivity contribution >= 4 is 28.6 Å². The van der Waals surface area contributed by atoms with Crippen LogP contribution in [0.3, 0.4) is 0 Å². The van der Waals surface area contributed by atoms with E-state index in [1.807, 2.05) is 61.2 Å². The third-order valence-corrected chi connectivity index (χ3v) is 6.27. The molecule has 4 rings (SSSR count). The summed E-state index contributed by atoms with van der Waals surface area (Å²) < 4.78 is 5.94. The standard InChI is InChI=1S/C22H24N2O2S/c1-15(16-6-3-2-4-7-16)24-21(25)13-26-20-9-5-8-19-22(20)18(12-23-19)17-10-11-27-14-17/h2-9,12,15,17,23H,10-11,13-14H2,1H3,(H,24,25). The Morgan fingerprint density at radius 1 is 1.26 bits per heavy atom. The predicted molar refractivity (Wildman–Crippen MR) is 111 cm³/mol. The van der Waals surface area contributed by atoms with Crippen LogP contribution in [0.1, 0.15) is 36.4 Å². The lowest BCUT2D eigenvalue weighted by Crippen LogP contribution is -2.31. The van der Waals surface area contributed by atoms with Crippen molar-refractivity contribution in [3.63, 3.8) is 0 Å². The number of hydrogen-bond donors (Lipinski definition) is 2. The van der Waals surface area contributed by atoms with Gasteiger partial charge in [0.05, 0.1) is 6.04 Å². The van der Waals surface area contributed by atoms with Crippen LogP contribution in [0.25, 0.3) is 10.9 Å². The summed E-state index contributed by atoms with van der Waals surface area (Å²) in [6.07, 6.45) is 3.30. The van der Waals surface area contributed by atoms with E-state index < -0.39 is 0 Å². The predicted octanol–water partition coefficient (Wildman–Crippen LogP) is 4.64. The van der Waals surface area contributed by atoms with Crippen LogP contribution >= 0.6 is 11.8 Å². The molecule has 0 saturated carbocycles. The summed E-state index contributed by atoms with van der Waals surface area (Å²) in [4.78, 5) is 15.7. The van der Waals surface area contributed by atoms with Gasteiger partial charge in [0.25, 0.3) is 5.91 Å². The number of ether oxygens (including phenoxy) is 1. The zero-order valence-corrected chi connectivity index (χ0v) is 16.2. The molecule has 1 fully saturated rings. The van der Waals surface area contributed by atoms with Gasteiger partial charge < -0.3 is 15.0 Å². The Kier molecular flexibility index (Phi) is 5.39. The van der Waals surface area contributed by atoms with Gasteiger partial charge in [-0.25, -0.2) is 0 Å². The van der Waals surface area contributed by atoms with Gasteiger partial charge in [0.1, 0.15) is 5.75 Å². The highest BCUT2D eigenvalue weighted by molar-refractivity contribution is 7.99. The first-order valence-corrected chi connectivity index (χ1v) is 10.5. The lowest BCUT2D eigenvalue weighted by molar-refractivity contribution is -0.123. The van der Waals surface area contributed by atoms with Gasteiger partial charge in [-0.3, -0.25) is 4.79 Å². The van der Waals surface area contributed by atoms with Crippen LogP contribution < -0.4 is 10.1 Å². The molecule has 0 aliphatic carbocycles. The van der Waals surface area contributed by atoms with Crippen LogP contribution in [0.15, 0.2) is 54.7 Å². The number of H-pyrrole nitrogens is 1. The van der Waals surface area contributed by atoms with Gasteiger partial charge in [0, 0.05) is 22.9 Å². The molecule has 4 nitrogen and oxygen atoms in total. The zero-order chi connectivity index (χ0) is 18.6. The number of aromatic nitrogens is 1. The molecule has 1 aromatic heterocycles. The van der Waals surface area contributed by atoms with Crippen LogP contribution in [-0.2, 0) is 4.79 Å². The Bertz CT molecular complexity index is 916. The Balaban J connectivity index is 1.45. The molecule has 2 aromatic carbocycles. The lowest BCUT2D eigenvalue weighted by atomic mass is 9.98. The van der Waals surface area contributed by atoms with E-state index in [1.54, 1.807) is 0 Å². The van der Waals surface area contributed by atoms with Crippen molar-refractivity contribution in [2.24, 2.45) is 0 Å². The van der Waals surface area contributed by atoms with Gasteiger partial charge in [-0.1, -0.05) is 36.4 Å². The first kappa shape index (κ1) is 18.0. The maximum Gasteiger partial charge on any atom is 0.258 e. The highest BCUT2D eigenvalue weighted by Crippen LogP contribution is 2.39. The lowest BCUT2D eigenvalue weighted by Gasteiger charge is -2.15. The Labute approximate surface area is 163 Å². The average molecular weight is 381 g/mol. The van der Waals surface area contributed by atoms with E-state index in [2.05, 4.69) is 22.6 Å². The van der Waals surface area contributed by atoms with E-state index in [0.29, 0.717) is 5.92 Å². The van der Waals surface area contributed by atoms with Gasteiger partial charge >= 0.3 is 0 Å². The molecule has 1 aliphatic rings. The monoisotopic (exact) mass is 380 g/mol. The summed E-state index contributed by atoms with van der Waals surface area (Å²) in [5.41, 5.74) is 3.46. The molecule has 3 aromatic rings.